The average Bonchev–Trinajstić information content (AvgIpc) is 2.88. The van der Waals surface area contributed by atoms with E-state index in [4.69, 9.17) is 9.47 Å². The Morgan fingerprint density at radius 3 is 2.80 bits per heavy atom. The highest BCUT2D eigenvalue weighted by Crippen LogP contribution is 2.33. The van der Waals surface area contributed by atoms with E-state index in [1.807, 2.05) is 0 Å². The van der Waals surface area contributed by atoms with Gasteiger partial charge in [-0.2, -0.15) is 0 Å². The zero-order chi connectivity index (χ0) is 17.7. The van der Waals surface area contributed by atoms with Crippen LogP contribution in [0.2, 0.25) is 0 Å². The molecule has 1 N–H and O–H groups in total. The Labute approximate surface area is 152 Å². The zero-order valence-corrected chi connectivity index (χ0v) is 16.0. The minimum Gasteiger partial charge on any atom is -0.377 e. The first kappa shape index (κ1) is 18.8. The number of hydrogen-bond donors (Lipinski definition) is 1. The molecule has 3 atom stereocenters. The molecule has 1 aromatic carbocycles. The third-order valence-corrected chi connectivity index (χ3v) is 5.64. The van der Waals surface area contributed by atoms with Crippen molar-refractivity contribution in [3.63, 3.8) is 0 Å². The van der Waals surface area contributed by atoms with E-state index in [2.05, 4.69) is 61.3 Å². The fraction of sp³-hybridized carbons (Fsp3) is 0.714. The van der Waals surface area contributed by atoms with Crippen molar-refractivity contribution in [2.45, 2.75) is 57.3 Å². The van der Waals surface area contributed by atoms with Gasteiger partial charge in [0.15, 0.2) is 0 Å². The van der Waals surface area contributed by atoms with E-state index in [1.165, 1.54) is 5.56 Å². The highest BCUT2D eigenvalue weighted by atomic mass is 16.6. The molecule has 140 valence electrons. The minimum absolute atomic E-state index is 0.0990. The Hall–Kier alpha value is -0.940. The third-order valence-electron chi connectivity index (χ3n) is 5.64. The summed E-state index contributed by atoms with van der Waals surface area (Å²) in [5, 5.41) is 3.62. The highest BCUT2D eigenvalue weighted by Gasteiger charge is 2.43. The van der Waals surface area contributed by atoms with Crippen LogP contribution in [0, 0.1) is 0 Å². The molecule has 0 amide bonds. The van der Waals surface area contributed by atoms with Gasteiger partial charge >= 0.3 is 0 Å². The topological polar surface area (TPSA) is 33.7 Å². The van der Waals surface area contributed by atoms with E-state index in [-0.39, 0.29) is 5.60 Å². The lowest BCUT2D eigenvalue weighted by Gasteiger charge is -2.34. The van der Waals surface area contributed by atoms with Crippen molar-refractivity contribution in [1.82, 2.24) is 10.2 Å². The molecule has 0 aliphatic carbocycles. The van der Waals surface area contributed by atoms with Crippen LogP contribution in [0.4, 0.5) is 0 Å². The second-order valence-electron chi connectivity index (χ2n) is 8.05. The van der Waals surface area contributed by atoms with Crippen LogP contribution in [0.25, 0.3) is 0 Å². The Kier molecular flexibility index (Phi) is 6.50. The maximum Gasteiger partial charge on any atom is 0.105 e. The lowest BCUT2D eigenvalue weighted by Crippen LogP contribution is -2.47. The molecule has 3 rings (SSSR count). The Balaban J connectivity index is 1.46. The van der Waals surface area contributed by atoms with Crippen LogP contribution in [-0.4, -0.2) is 62.0 Å². The van der Waals surface area contributed by atoms with Crippen LogP contribution in [0.1, 0.15) is 45.1 Å². The van der Waals surface area contributed by atoms with E-state index in [0.717, 1.165) is 52.2 Å². The molecule has 0 bridgehead atoms. The van der Waals surface area contributed by atoms with Crippen molar-refractivity contribution in [2.24, 2.45) is 0 Å². The van der Waals surface area contributed by atoms with Gasteiger partial charge in [0.1, 0.15) is 5.60 Å². The van der Waals surface area contributed by atoms with E-state index in [1.54, 1.807) is 0 Å². The van der Waals surface area contributed by atoms with Crippen molar-refractivity contribution < 1.29 is 9.47 Å². The second kappa shape index (κ2) is 8.63. The van der Waals surface area contributed by atoms with E-state index in [9.17, 15) is 0 Å². The molecule has 0 unspecified atom stereocenters. The lowest BCUT2D eigenvalue weighted by atomic mass is 9.99. The lowest BCUT2D eigenvalue weighted by molar-refractivity contribution is -0.0865. The van der Waals surface area contributed by atoms with Crippen LogP contribution in [0.15, 0.2) is 30.3 Å². The summed E-state index contributed by atoms with van der Waals surface area (Å²) in [7, 11) is 0. The van der Waals surface area contributed by atoms with Gasteiger partial charge in [-0.25, -0.2) is 0 Å². The summed E-state index contributed by atoms with van der Waals surface area (Å²) in [5.41, 5.74) is 1.29. The third kappa shape index (κ3) is 5.04. The molecule has 2 heterocycles. The fourth-order valence-corrected chi connectivity index (χ4v) is 4.00. The monoisotopic (exact) mass is 346 g/mol. The summed E-state index contributed by atoms with van der Waals surface area (Å²) >= 11 is 0. The molecule has 2 fully saturated rings. The molecule has 1 aromatic rings. The van der Waals surface area contributed by atoms with Gasteiger partial charge in [-0.1, -0.05) is 37.3 Å². The van der Waals surface area contributed by atoms with Gasteiger partial charge < -0.3 is 14.8 Å². The Morgan fingerprint density at radius 2 is 2.04 bits per heavy atom. The SMILES string of the molecule is CC(C)N1CCOC[C@@]2(CC[C@H](CNC[C@H](C)c3ccccc3)O2)C1. The molecule has 4 heteroatoms. The summed E-state index contributed by atoms with van der Waals surface area (Å²) in [6, 6.07) is 11.3. The normalized spacial score (nSPS) is 29.2. The number of ether oxygens (including phenoxy) is 2. The largest absolute Gasteiger partial charge is 0.377 e. The number of benzene rings is 1. The van der Waals surface area contributed by atoms with Gasteiger partial charge in [0, 0.05) is 32.2 Å². The van der Waals surface area contributed by atoms with Crippen molar-refractivity contribution in [3.05, 3.63) is 35.9 Å². The maximum absolute atomic E-state index is 6.51. The van der Waals surface area contributed by atoms with Crippen LogP contribution in [0.5, 0.6) is 0 Å². The summed E-state index contributed by atoms with van der Waals surface area (Å²) < 4.78 is 12.4. The van der Waals surface area contributed by atoms with Crippen LogP contribution >= 0.6 is 0 Å². The number of nitrogens with one attached hydrogen (secondary N) is 1. The van der Waals surface area contributed by atoms with Crippen LogP contribution < -0.4 is 5.32 Å². The molecular formula is C21H34N2O2. The van der Waals surface area contributed by atoms with Gasteiger partial charge in [-0.15, -0.1) is 0 Å². The summed E-state index contributed by atoms with van der Waals surface area (Å²) in [6.07, 6.45) is 2.54. The summed E-state index contributed by atoms with van der Waals surface area (Å²) in [6.45, 7) is 12.3. The average molecular weight is 347 g/mol. The Morgan fingerprint density at radius 1 is 1.24 bits per heavy atom. The van der Waals surface area contributed by atoms with Gasteiger partial charge in [0.25, 0.3) is 0 Å². The van der Waals surface area contributed by atoms with Crippen molar-refractivity contribution >= 4 is 0 Å². The number of nitrogens with zero attached hydrogens (tertiary/aromatic N) is 1. The molecule has 1 spiro atoms. The number of hydrogen-bond acceptors (Lipinski definition) is 4. The summed E-state index contributed by atoms with van der Waals surface area (Å²) in [4.78, 5) is 2.50. The van der Waals surface area contributed by atoms with Crippen LogP contribution in [0.3, 0.4) is 0 Å². The van der Waals surface area contributed by atoms with Crippen molar-refractivity contribution in [3.8, 4) is 0 Å². The Bertz CT molecular complexity index is 522. The predicted octanol–water partition coefficient (Wildman–Crippen LogP) is 3.04. The predicted molar refractivity (Wildman–Crippen MR) is 102 cm³/mol. The quantitative estimate of drug-likeness (QED) is 0.858. The van der Waals surface area contributed by atoms with E-state index in [0.29, 0.717) is 18.1 Å². The molecule has 0 saturated carbocycles. The molecule has 2 saturated heterocycles. The second-order valence-corrected chi connectivity index (χ2v) is 8.05. The summed E-state index contributed by atoms with van der Waals surface area (Å²) in [5.74, 6) is 0.522. The smallest absolute Gasteiger partial charge is 0.105 e. The molecule has 0 aromatic heterocycles. The van der Waals surface area contributed by atoms with Gasteiger partial charge in [0.05, 0.1) is 19.3 Å². The minimum atomic E-state index is -0.0990. The zero-order valence-electron chi connectivity index (χ0n) is 16.0. The van der Waals surface area contributed by atoms with Crippen molar-refractivity contribution in [2.75, 3.05) is 39.4 Å². The first-order chi connectivity index (χ1) is 12.1. The molecule has 0 radical (unpaired) electrons. The van der Waals surface area contributed by atoms with Crippen molar-refractivity contribution in [1.29, 1.82) is 0 Å². The molecule has 2 aliphatic rings. The van der Waals surface area contributed by atoms with E-state index >= 15 is 0 Å². The molecule has 4 nitrogen and oxygen atoms in total. The standard InChI is InChI=1S/C21H34N2O2/c1-17(2)23-11-12-24-16-21(15-23)10-9-20(25-21)14-22-13-18(3)19-7-5-4-6-8-19/h4-8,17-18,20,22H,9-16H2,1-3H3/t18-,20+,21+/m0/s1. The highest BCUT2D eigenvalue weighted by molar-refractivity contribution is 5.18. The fourth-order valence-electron chi connectivity index (χ4n) is 4.00. The first-order valence-corrected chi connectivity index (χ1v) is 9.83. The molecular weight excluding hydrogens is 312 g/mol. The first-order valence-electron chi connectivity index (χ1n) is 9.83. The van der Waals surface area contributed by atoms with Gasteiger partial charge in [-0.05, 0) is 38.2 Å². The molecule has 2 aliphatic heterocycles. The van der Waals surface area contributed by atoms with Gasteiger partial charge in [0.2, 0.25) is 0 Å². The maximum atomic E-state index is 6.51. The number of rotatable bonds is 6. The molecule has 25 heavy (non-hydrogen) atoms. The van der Waals surface area contributed by atoms with Crippen LogP contribution in [-0.2, 0) is 9.47 Å². The van der Waals surface area contributed by atoms with Gasteiger partial charge in [-0.3, -0.25) is 4.90 Å². The van der Waals surface area contributed by atoms with E-state index < -0.39 is 0 Å².